The summed E-state index contributed by atoms with van der Waals surface area (Å²) in [5, 5.41) is 15.1. The molecule has 3 aromatic rings. The number of thiophene rings is 1. The summed E-state index contributed by atoms with van der Waals surface area (Å²) >= 11 is 1.62. The zero-order valence-corrected chi connectivity index (χ0v) is 8.75. The van der Waals surface area contributed by atoms with Crippen LogP contribution in [0, 0.1) is 6.92 Å². The van der Waals surface area contributed by atoms with E-state index in [1.807, 2.05) is 19.3 Å². The summed E-state index contributed by atoms with van der Waals surface area (Å²) < 4.78 is 1.15. The molecule has 0 saturated heterocycles. The number of aromatic amines is 1. The smallest absolute Gasteiger partial charge is 0.214 e. The minimum Gasteiger partial charge on any atom is -0.263 e. The van der Waals surface area contributed by atoms with Crippen LogP contribution in [0.1, 0.15) is 5.56 Å². The number of aryl methyl sites for hydroxylation is 1. The normalized spacial score (nSPS) is 11.0. The fourth-order valence-corrected chi connectivity index (χ4v) is 2.51. The lowest BCUT2D eigenvalue weighted by atomic mass is 10.2. The van der Waals surface area contributed by atoms with Crippen molar-refractivity contribution < 1.29 is 0 Å². The van der Waals surface area contributed by atoms with Crippen LogP contribution in [-0.2, 0) is 0 Å². The van der Waals surface area contributed by atoms with Gasteiger partial charge in [-0.2, -0.15) is 5.21 Å². The summed E-state index contributed by atoms with van der Waals surface area (Å²) in [5.74, 6) is 0.635. The molecule has 0 radical (unpaired) electrons. The highest BCUT2D eigenvalue weighted by Gasteiger charge is 2.09. The van der Waals surface area contributed by atoms with Gasteiger partial charge in [-0.15, -0.1) is 21.5 Å². The molecule has 0 fully saturated rings. The molecule has 0 spiro atoms. The fourth-order valence-electron chi connectivity index (χ4n) is 1.47. The molecule has 0 saturated carbocycles. The van der Waals surface area contributed by atoms with Gasteiger partial charge >= 0.3 is 0 Å². The van der Waals surface area contributed by atoms with E-state index in [0.29, 0.717) is 5.82 Å². The van der Waals surface area contributed by atoms with Gasteiger partial charge in [-0.25, -0.2) is 0 Å². The van der Waals surface area contributed by atoms with Crippen molar-refractivity contribution in [3.63, 3.8) is 0 Å². The molecule has 0 aliphatic carbocycles. The van der Waals surface area contributed by atoms with E-state index in [2.05, 4.69) is 31.7 Å². The fraction of sp³-hybridized carbons (Fsp3) is 0.111. The largest absolute Gasteiger partial charge is 0.263 e. The molecule has 3 aromatic heterocycles. The Morgan fingerprint density at radius 1 is 1.33 bits per heavy atom. The number of nitrogens with one attached hydrogen (secondary N) is 1. The number of tetrazole rings is 1. The summed E-state index contributed by atoms with van der Waals surface area (Å²) in [6.45, 7) is 2.04. The molecule has 3 rings (SSSR count). The van der Waals surface area contributed by atoms with Gasteiger partial charge in [0.2, 0.25) is 5.82 Å². The second-order valence-corrected chi connectivity index (χ2v) is 4.30. The van der Waals surface area contributed by atoms with Gasteiger partial charge in [0.1, 0.15) is 0 Å². The van der Waals surface area contributed by atoms with Crippen LogP contribution in [0.15, 0.2) is 18.5 Å². The van der Waals surface area contributed by atoms with E-state index in [0.717, 1.165) is 9.58 Å². The minimum atomic E-state index is 0.635. The van der Waals surface area contributed by atoms with Crippen LogP contribution in [-0.4, -0.2) is 25.6 Å². The summed E-state index contributed by atoms with van der Waals surface area (Å²) in [7, 11) is 0. The van der Waals surface area contributed by atoms with Gasteiger partial charge in [-0.3, -0.25) is 4.98 Å². The van der Waals surface area contributed by atoms with E-state index in [4.69, 9.17) is 0 Å². The van der Waals surface area contributed by atoms with Crippen LogP contribution >= 0.6 is 11.3 Å². The van der Waals surface area contributed by atoms with E-state index in [9.17, 15) is 0 Å². The third-order valence-corrected chi connectivity index (χ3v) is 3.28. The second kappa shape index (κ2) is 3.09. The number of pyridine rings is 1. The van der Waals surface area contributed by atoms with Gasteiger partial charge in [-0.1, -0.05) is 0 Å². The standard InChI is InChI=1S/C9H7N5S/c1-5-3-10-4-8-6(5)2-7(15-8)9-11-13-14-12-9/h2-4H,1H3,(H,11,12,13,14). The van der Waals surface area contributed by atoms with Gasteiger partial charge < -0.3 is 0 Å². The zero-order chi connectivity index (χ0) is 10.3. The Labute approximate surface area is 89.2 Å². The minimum absolute atomic E-state index is 0.635. The highest BCUT2D eigenvalue weighted by atomic mass is 32.1. The summed E-state index contributed by atoms with van der Waals surface area (Å²) in [4.78, 5) is 5.16. The third-order valence-electron chi connectivity index (χ3n) is 2.21. The maximum absolute atomic E-state index is 4.15. The number of fused-ring (bicyclic) bond motifs is 1. The molecule has 0 amide bonds. The molecule has 15 heavy (non-hydrogen) atoms. The Bertz CT molecular complexity index is 598. The van der Waals surface area contributed by atoms with E-state index in [1.165, 1.54) is 10.9 Å². The SMILES string of the molecule is Cc1cncc2sc(-c3nn[nH]n3)cc12. The first-order valence-electron chi connectivity index (χ1n) is 4.42. The number of hydrogen-bond acceptors (Lipinski definition) is 5. The maximum atomic E-state index is 4.15. The third kappa shape index (κ3) is 1.30. The van der Waals surface area contributed by atoms with Crippen LogP contribution in [0.4, 0.5) is 0 Å². The van der Waals surface area contributed by atoms with E-state index in [1.54, 1.807) is 11.3 Å². The molecule has 0 atom stereocenters. The lowest BCUT2D eigenvalue weighted by Crippen LogP contribution is -1.75. The Balaban J connectivity index is 2.27. The molecule has 74 valence electrons. The van der Waals surface area contributed by atoms with Crippen molar-refractivity contribution in [3.05, 3.63) is 24.0 Å². The van der Waals surface area contributed by atoms with Crippen molar-refractivity contribution in [1.82, 2.24) is 25.6 Å². The van der Waals surface area contributed by atoms with Crippen LogP contribution in [0.5, 0.6) is 0 Å². The lowest BCUT2D eigenvalue weighted by Gasteiger charge is -1.90. The van der Waals surface area contributed by atoms with Crippen molar-refractivity contribution >= 4 is 21.4 Å². The Kier molecular flexibility index (Phi) is 1.75. The second-order valence-electron chi connectivity index (χ2n) is 3.21. The summed E-state index contributed by atoms with van der Waals surface area (Å²) in [6, 6.07) is 2.07. The van der Waals surface area contributed by atoms with Crippen molar-refractivity contribution in [1.29, 1.82) is 0 Å². The topological polar surface area (TPSA) is 67.3 Å². The molecule has 0 aromatic carbocycles. The Morgan fingerprint density at radius 2 is 2.27 bits per heavy atom. The molecule has 0 aliphatic rings. The van der Waals surface area contributed by atoms with Gasteiger partial charge in [-0.05, 0) is 29.2 Å². The average Bonchev–Trinajstić information content (AvgIpc) is 2.86. The van der Waals surface area contributed by atoms with Gasteiger partial charge in [0.25, 0.3) is 0 Å². The van der Waals surface area contributed by atoms with Crippen LogP contribution < -0.4 is 0 Å². The first-order valence-corrected chi connectivity index (χ1v) is 5.24. The quantitative estimate of drug-likeness (QED) is 0.674. The predicted octanol–water partition coefficient (Wildman–Crippen LogP) is 1.78. The molecule has 3 heterocycles. The molecular formula is C9H7N5S. The molecule has 0 unspecified atom stereocenters. The monoisotopic (exact) mass is 217 g/mol. The lowest BCUT2D eigenvalue weighted by molar-refractivity contribution is 0.881. The number of H-pyrrole nitrogens is 1. The van der Waals surface area contributed by atoms with Gasteiger partial charge in [0.15, 0.2) is 0 Å². The van der Waals surface area contributed by atoms with Crippen molar-refractivity contribution in [2.45, 2.75) is 6.92 Å². The van der Waals surface area contributed by atoms with Crippen LogP contribution in [0.25, 0.3) is 20.8 Å². The molecule has 5 nitrogen and oxygen atoms in total. The number of hydrogen-bond donors (Lipinski definition) is 1. The van der Waals surface area contributed by atoms with Gasteiger partial charge in [0, 0.05) is 12.4 Å². The molecule has 0 aliphatic heterocycles. The van der Waals surface area contributed by atoms with E-state index < -0.39 is 0 Å². The van der Waals surface area contributed by atoms with Crippen molar-refractivity contribution in [2.75, 3.05) is 0 Å². The zero-order valence-electron chi connectivity index (χ0n) is 7.93. The number of aromatic nitrogens is 5. The molecule has 6 heteroatoms. The summed E-state index contributed by atoms with van der Waals surface area (Å²) in [6.07, 6.45) is 3.71. The van der Waals surface area contributed by atoms with E-state index in [-0.39, 0.29) is 0 Å². The van der Waals surface area contributed by atoms with Crippen molar-refractivity contribution in [3.8, 4) is 10.7 Å². The van der Waals surface area contributed by atoms with E-state index >= 15 is 0 Å². The Morgan fingerprint density at radius 3 is 3.00 bits per heavy atom. The highest BCUT2D eigenvalue weighted by molar-refractivity contribution is 7.22. The van der Waals surface area contributed by atoms with Crippen molar-refractivity contribution in [2.24, 2.45) is 0 Å². The molecule has 0 bridgehead atoms. The molecule has 1 N–H and O–H groups in total. The highest BCUT2D eigenvalue weighted by Crippen LogP contribution is 2.32. The van der Waals surface area contributed by atoms with Crippen LogP contribution in [0.3, 0.4) is 0 Å². The van der Waals surface area contributed by atoms with Crippen LogP contribution in [0.2, 0.25) is 0 Å². The van der Waals surface area contributed by atoms with Gasteiger partial charge in [0.05, 0.1) is 9.58 Å². The first-order chi connectivity index (χ1) is 7.34. The predicted molar refractivity (Wildman–Crippen MR) is 57.5 cm³/mol. The Hall–Kier alpha value is -1.82. The number of rotatable bonds is 1. The maximum Gasteiger partial charge on any atom is 0.214 e. The number of nitrogens with zero attached hydrogens (tertiary/aromatic N) is 4. The summed E-state index contributed by atoms with van der Waals surface area (Å²) in [5.41, 5.74) is 1.17. The molecular weight excluding hydrogens is 210 g/mol. The average molecular weight is 217 g/mol. The first kappa shape index (κ1) is 8.49.